The van der Waals surface area contributed by atoms with Gasteiger partial charge in [-0.25, -0.2) is 4.39 Å². The molecular weight excluding hydrogens is 337 g/mol. The van der Waals surface area contributed by atoms with Crippen molar-refractivity contribution >= 4 is 27.7 Å². The lowest BCUT2D eigenvalue weighted by molar-refractivity contribution is 0.545. The number of rotatable bonds is 9. The van der Waals surface area contributed by atoms with E-state index in [9.17, 15) is 4.39 Å². The Kier molecular flexibility index (Phi) is 8.82. The summed E-state index contributed by atoms with van der Waals surface area (Å²) in [4.78, 5) is 0. The molecule has 1 N–H and O–H groups in total. The Morgan fingerprint density at radius 2 is 2.10 bits per heavy atom. The Hall–Kier alpha value is -0.0600. The van der Waals surface area contributed by atoms with E-state index in [0.29, 0.717) is 15.8 Å². The second-order valence-electron chi connectivity index (χ2n) is 5.12. The lowest BCUT2D eigenvalue weighted by atomic mass is 10.1. The van der Waals surface area contributed by atoms with Crippen LogP contribution in [0.2, 0.25) is 0 Å². The Balaban J connectivity index is 2.65. The molecule has 0 saturated heterocycles. The first kappa shape index (κ1) is 18.0. The molecule has 114 valence electrons. The van der Waals surface area contributed by atoms with Crippen LogP contribution in [-0.2, 0) is 6.42 Å². The van der Waals surface area contributed by atoms with Gasteiger partial charge in [-0.2, -0.15) is 11.8 Å². The first-order valence-corrected chi connectivity index (χ1v) is 9.20. The fraction of sp³-hybridized carbons (Fsp3) is 0.625. The van der Waals surface area contributed by atoms with Crippen LogP contribution in [0.1, 0.15) is 39.2 Å². The van der Waals surface area contributed by atoms with Crippen molar-refractivity contribution in [3.05, 3.63) is 34.1 Å². The summed E-state index contributed by atoms with van der Waals surface area (Å²) in [5.74, 6) is 0.893. The van der Waals surface area contributed by atoms with Gasteiger partial charge in [0.25, 0.3) is 0 Å². The first-order valence-electron chi connectivity index (χ1n) is 7.36. The summed E-state index contributed by atoms with van der Waals surface area (Å²) in [6, 6.07) is 5.68. The SMILES string of the molecule is CCCNC(CSC(C)CC)Cc1cccc(F)c1Br. The molecule has 0 amide bonds. The molecule has 4 heteroatoms. The molecule has 1 rings (SSSR count). The molecule has 0 aliphatic carbocycles. The van der Waals surface area contributed by atoms with Crippen molar-refractivity contribution < 1.29 is 4.39 Å². The molecule has 0 aliphatic rings. The average molecular weight is 362 g/mol. The van der Waals surface area contributed by atoms with Crippen molar-refractivity contribution in [3.63, 3.8) is 0 Å². The second kappa shape index (κ2) is 9.80. The van der Waals surface area contributed by atoms with Crippen molar-refractivity contribution in [2.75, 3.05) is 12.3 Å². The second-order valence-corrected chi connectivity index (χ2v) is 7.38. The van der Waals surface area contributed by atoms with Crippen LogP contribution in [0.15, 0.2) is 22.7 Å². The lowest BCUT2D eigenvalue weighted by Crippen LogP contribution is -2.34. The maximum atomic E-state index is 13.6. The highest BCUT2D eigenvalue weighted by atomic mass is 79.9. The highest BCUT2D eigenvalue weighted by Crippen LogP contribution is 2.23. The van der Waals surface area contributed by atoms with E-state index < -0.39 is 0 Å². The van der Waals surface area contributed by atoms with Crippen LogP contribution in [-0.4, -0.2) is 23.6 Å². The molecule has 0 fully saturated rings. The zero-order valence-electron chi connectivity index (χ0n) is 12.6. The molecule has 2 atom stereocenters. The molecule has 2 unspecified atom stereocenters. The van der Waals surface area contributed by atoms with Gasteiger partial charge < -0.3 is 5.32 Å². The predicted octanol–water partition coefficient (Wildman–Crippen LogP) is 5.03. The Morgan fingerprint density at radius 1 is 1.35 bits per heavy atom. The summed E-state index contributed by atoms with van der Waals surface area (Å²) in [6.45, 7) is 7.66. The molecule has 1 nitrogen and oxygen atoms in total. The predicted molar refractivity (Wildman–Crippen MR) is 92.1 cm³/mol. The molecule has 0 saturated carbocycles. The summed E-state index contributed by atoms with van der Waals surface area (Å²) < 4.78 is 14.2. The van der Waals surface area contributed by atoms with E-state index in [4.69, 9.17) is 0 Å². The number of benzene rings is 1. The summed E-state index contributed by atoms with van der Waals surface area (Å²) in [5.41, 5.74) is 1.04. The summed E-state index contributed by atoms with van der Waals surface area (Å²) >= 11 is 5.35. The maximum absolute atomic E-state index is 13.6. The van der Waals surface area contributed by atoms with E-state index in [1.807, 2.05) is 17.8 Å². The molecule has 1 aromatic carbocycles. The minimum atomic E-state index is -0.175. The standard InChI is InChI=1S/C16H25BrFNS/c1-4-9-19-14(11-20-12(3)5-2)10-13-7-6-8-15(18)16(13)17/h6-8,12,14,19H,4-5,9-11H2,1-3H3. The van der Waals surface area contributed by atoms with Gasteiger partial charge in [0.1, 0.15) is 5.82 Å². The third kappa shape index (κ3) is 6.15. The van der Waals surface area contributed by atoms with Gasteiger partial charge in [-0.3, -0.25) is 0 Å². The topological polar surface area (TPSA) is 12.0 Å². The third-order valence-corrected chi connectivity index (χ3v) is 5.72. The van der Waals surface area contributed by atoms with E-state index in [1.54, 1.807) is 6.07 Å². The van der Waals surface area contributed by atoms with Crippen molar-refractivity contribution in [3.8, 4) is 0 Å². The molecule has 0 heterocycles. The van der Waals surface area contributed by atoms with Crippen LogP contribution in [0.25, 0.3) is 0 Å². The summed E-state index contributed by atoms with van der Waals surface area (Å²) in [6.07, 6.45) is 3.17. The Bertz CT molecular complexity index is 400. The first-order chi connectivity index (χ1) is 9.58. The van der Waals surface area contributed by atoms with Gasteiger partial charge in [0.05, 0.1) is 4.47 Å². The molecule has 0 aliphatic heterocycles. The van der Waals surface area contributed by atoms with Crippen LogP contribution in [0.3, 0.4) is 0 Å². The third-order valence-electron chi connectivity index (χ3n) is 3.34. The largest absolute Gasteiger partial charge is 0.313 e. The normalized spacial score (nSPS) is 14.2. The molecule has 1 aromatic rings. The van der Waals surface area contributed by atoms with E-state index in [0.717, 1.165) is 30.7 Å². The minimum Gasteiger partial charge on any atom is -0.313 e. The highest BCUT2D eigenvalue weighted by molar-refractivity contribution is 9.10. The monoisotopic (exact) mass is 361 g/mol. The van der Waals surface area contributed by atoms with Crippen LogP contribution in [0.4, 0.5) is 4.39 Å². The Labute approximate surface area is 135 Å². The molecule has 0 radical (unpaired) electrons. The van der Waals surface area contributed by atoms with E-state index in [1.165, 1.54) is 12.5 Å². The van der Waals surface area contributed by atoms with E-state index >= 15 is 0 Å². The van der Waals surface area contributed by atoms with Gasteiger partial charge in [0, 0.05) is 17.0 Å². The number of thioether (sulfide) groups is 1. The Morgan fingerprint density at radius 3 is 2.75 bits per heavy atom. The molecule has 0 bridgehead atoms. The highest BCUT2D eigenvalue weighted by Gasteiger charge is 2.14. The van der Waals surface area contributed by atoms with Gasteiger partial charge in [-0.1, -0.05) is 32.9 Å². The molecule has 0 aromatic heterocycles. The van der Waals surface area contributed by atoms with Crippen molar-refractivity contribution in [1.82, 2.24) is 5.32 Å². The molecule has 20 heavy (non-hydrogen) atoms. The van der Waals surface area contributed by atoms with Crippen LogP contribution in [0, 0.1) is 5.82 Å². The maximum Gasteiger partial charge on any atom is 0.137 e. The van der Waals surface area contributed by atoms with Crippen LogP contribution in [0.5, 0.6) is 0 Å². The average Bonchev–Trinajstić information content (AvgIpc) is 2.45. The lowest BCUT2D eigenvalue weighted by Gasteiger charge is -2.21. The van der Waals surface area contributed by atoms with Gasteiger partial charge in [-0.15, -0.1) is 0 Å². The van der Waals surface area contributed by atoms with Crippen molar-refractivity contribution in [2.24, 2.45) is 0 Å². The number of hydrogen-bond donors (Lipinski definition) is 1. The van der Waals surface area contributed by atoms with Gasteiger partial charge in [0.2, 0.25) is 0 Å². The van der Waals surface area contributed by atoms with Gasteiger partial charge in [-0.05, 0) is 53.4 Å². The number of halogens is 2. The van der Waals surface area contributed by atoms with Gasteiger partial charge in [0.15, 0.2) is 0 Å². The van der Waals surface area contributed by atoms with Crippen molar-refractivity contribution in [2.45, 2.75) is 51.3 Å². The summed E-state index contributed by atoms with van der Waals surface area (Å²) in [5, 5.41) is 4.26. The van der Waals surface area contributed by atoms with Crippen LogP contribution < -0.4 is 5.32 Å². The zero-order valence-corrected chi connectivity index (χ0v) is 15.0. The van der Waals surface area contributed by atoms with E-state index in [2.05, 4.69) is 42.0 Å². The van der Waals surface area contributed by atoms with Crippen LogP contribution >= 0.6 is 27.7 Å². The summed E-state index contributed by atoms with van der Waals surface area (Å²) in [7, 11) is 0. The zero-order chi connectivity index (χ0) is 15.0. The fourth-order valence-corrected chi connectivity index (χ4v) is 3.37. The fourth-order valence-electron chi connectivity index (χ4n) is 1.91. The van der Waals surface area contributed by atoms with E-state index in [-0.39, 0.29) is 5.82 Å². The number of nitrogens with one attached hydrogen (secondary N) is 1. The molecule has 0 spiro atoms. The van der Waals surface area contributed by atoms with Gasteiger partial charge >= 0.3 is 0 Å². The molecular formula is C16H25BrFNS. The van der Waals surface area contributed by atoms with Crippen molar-refractivity contribution in [1.29, 1.82) is 0 Å². The minimum absolute atomic E-state index is 0.175. The smallest absolute Gasteiger partial charge is 0.137 e. The quantitative estimate of drug-likeness (QED) is 0.661. The number of hydrogen-bond acceptors (Lipinski definition) is 2.